The van der Waals surface area contributed by atoms with Gasteiger partial charge in [-0.3, -0.25) is 5.43 Å². The SMILES string of the molecule is CC1NNC(c2ccc(S(=O)(=O)NCc3ccccc3)o2)C1C. The Morgan fingerprint density at radius 1 is 1.09 bits per heavy atom. The van der Waals surface area contributed by atoms with Crippen molar-refractivity contribution in [2.45, 2.75) is 37.6 Å². The fourth-order valence-electron chi connectivity index (χ4n) is 2.59. The molecule has 6 nitrogen and oxygen atoms in total. The van der Waals surface area contributed by atoms with E-state index in [4.69, 9.17) is 4.42 Å². The van der Waals surface area contributed by atoms with E-state index < -0.39 is 10.0 Å². The monoisotopic (exact) mass is 335 g/mol. The first kappa shape index (κ1) is 16.2. The van der Waals surface area contributed by atoms with Crippen molar-refractivity contribution in [3.63, 3.8) is 0 Å². The summed E-state index contributed by atoms with van der Waals surface area (Å²) in [7, 11) is -3.66. The molecule has 3 N–H and O–H groups in total. The largest absolute Gasteiger partial charge is 0.447 e. The summed E-state index contributed by atoms with van der Waals surface area (Å²) in [5.41, 5.74) is 7.17. The minimum Gasteiger partial charge on any atom is -0.447 e. The van der Waals surface area contributed by atoms with Gasteiger partial charge in [-0.1, -0.05) is 37.3 Å². The highest BCUT2D eigenvalue weighted by molar-refractivity contribution is 7.89. The zero-order valence-electron chi connectivity index (χ0n) is 13.1. The maximum Gasteiger partial charge on any atom is 0.274 e. The molecule has 0 saturated carbocycles. The molecule has 3 atom stereocenters. The highest BCUT2D eigenvalue weighted by Gasteiger charge is 2.33. The van der Waals surface area contributed by atoms with Crippen LogP contribution in [0.3, 0.4) is 0 Å². The molecule has 3 unspecified atom stereocenters. The molecule has 1 fully saturated rings. The van der Waals surface area contributed by atoms with Crippen LogP contribution in [-0.4, -0.2) is 14.5 Å². The molecule has 0 amide bonds. The van der Waals surface area contributed by atoms with E-state index >= 15 is 0 Å². The van der Waals surface area contributed by atoms with Crippen molar-refractivity contribution in [1.29, 1.82) is 0 Å². The van der Waals surface area contributed by atoms with Gasteiger partial charge in [-0.25, -0.2) is 18.6 Å². The molecule has 124 valence electrons. The molecular weight excluding hydrogens is 314 g/mol. The lowest BCUT2D eigenvalue weighted by Crippen LogP contribution is -2.29. The summed E-state index contributed by atoms with van der Waals surface area (Å²) in [6, 6.07) is 12.8. The summed E-state index contributed by atoms with van der Waals surface area (Å²) in [6.45, 7) is 4.39. The summed E-state index contributed by atoms with van der Waals surface area (Å²) in [5, 5.41) is -0.0583. The zero-order chi connectivity index (χ0) is 16.4. The Kier molecular flexibility index (Phi) is 4.54. The number of hydrazine groups is 1. The second-order valence-electron chi connectivity index (χ2n) is 5.88. The van der Waals surface area contributed by atoms with Gasteiger partial charge in [-0.05, 0) is 30.5 Å². The molecule has 1 aliphatic heterocycles. The summed E-state index contributed by atoms with van der Waals surface area (Å²) in [5.74, 6) is 0.920. The lowest BCUT2D eigenvalue weighted by molar-refractivity contribution is 0.342. The Morgan fingerprint density at radius 2 is 1.83 bits per heavy atom. The van der Waals surface area contributed by atoms with Gasteiger partial charge in [0.25, 0.3) is 10.0 Å². The van der Waals surface area contributed by atoms with Crippen LogP contribution >= 0.6 is 0 Å². The number of nitrogens with one attached hydrogen (secondary N) is 3. The topological polar surface area (TPSA) is 83.4 Å². The van der Waals surface area contributed by atoms with Gasteiger partial charge in [0.2, 0.25) is 5.09 Å². The Balaban J connectivity index is 1.71. The van der Waals surface area contributed by atoms with Crippen LogP contribution in [-0.2, 0) is 16.6 Å². The van der Waals surface area contributed by atoms with Crippen LogP contribution < -0.4 is 15.6 Å². The predicted molar refractivity (Wildman–Crippen MR) is 86.8 cm³/mol. The van der Waals surface area contributed by atoms with E-state index in [1.165, 1.54) is 6.07 Å². The summed E-state index contributed by atoms with van der Waals surface area (Å²) in [4.78, 5) is 0. The average molecular weight is 335 g/mol. The van der Waals surface area contributed by atoms with Crippen molar-refractivity contribution >= 4 is 10.0 Å². The molecule has 3 rings (SSSR count). The first-order valence-electron chi connectivity index (χ1n) is 7.62. The third kappa shape index (κ3) is 3.48. The van der Waals surface area contributed by atoms with Crippen LogP contribution in [0, 0.1) is 5.92 Å². The molecule has 0 spiro atoms. The van der Waals surface area contributed by atoms with E-state index in [1.54, 1.807) is 6.07 Å². The molecule has 1 aromatic heterocycles. The van der Waals surface area contributed by atoms with Gasteiger partial charge in [-0.2, -0.15) is 0 Å². The molecule has 0 radical (unpaired) electrons. The van der Waals surface area contributed by atoms with Gasteiger partial charge in [-0.15, -0.1) is 0 Å². The number of benzene rings is 1. The zero-order valence-corrected chi connectivity index (χ0v) is 13.9. The highest BCUT2D eigenvalue weighted by Crippen LogP contribution is 2.30. The fourth-order valence-corrected chi connectivity index (χ4v) is 3.55. The van der Waals surface area contributed by atoms with Crippen LogP contribution in [0.4, 0.5) is 0 Å². The predicted octanol–water partition coefficient (Wildman–Crippen LogP) is 1.93. The third-order valence-electron chi connectivity index (χ3n) is 4.26. The Bertz CT molecular complexity index is 758. The van der Waals surface area contributed by atoms with Crippen molar-refractivity contribution in [1.82, 2.24) is 15.6 Å². The molecule has 23 heavy (non-hydrogen) atoms. The van der Waals surface area contributed by atoms with E-state index in [9.17, 15) is 8.42 Å². The Morgan fingerprint density at radius 3 is 2.48 bits per heavy atom. The smallest absolute Gasteiger partial charge is 0.274 e. The van der Waals surface area contributed by atoms with Gasteiger partial charge in [0.15, 0.2) is 0 Å². The second-order valence-corrected chi connectivity index (χ2v) is 7.58. The summed E-state index contributed by atoms with van der Waals surface area (Å²) >= 11 is 0. The van der Waals surface area contributed by atoms with Gasteiger partial charge < -0.3 is 4.42 Å². The average Bonchev–Trinajstić information content (AvgIpc) is 3.15. The molecule has 1 aliphatic rings. The van der Waals surface area contributed by atoms with Crippen molar-refractivity contribution in [3.8, 4) is 0 Å². The van der Waals surface area contributed by atoms with Crippen LogP contribution in [0.1, 0.15) is 31.2 Å². The fraction of sp³-hybridized carbons (Fsp3) is 0.375. The van der Waals surface area contributed by atoms with E-state index in [0.717, 1.165) is 5.56 Å². The lowest BCUT2D eigenvalue weighted by Gasteiger charge is -2.13. The van der Waals surface area contributed by atoms with Crippen LogP contribution in [0.25, 0.3) is 0 Å². The second kappa shape index (κ2) is 6.45. The van der Waals surface area contributed by atoms with E-state index in [-0.39, 0.29) is 17.7 Å². The molecule has 0 aliphatic carbocycles. The molecule has 0 bridgehead atoms. The third-order valence-corrected chi connectivity index (χ3v) is 5.54. The Hall–Kier alpha value is -1.67. The maximum atomic E-state index is 12.3. The van der Waals surface area contributed by atoms with Gasteiger partial charge in [0, 0.05) is 12.6 Å². The van der Waals surface area contributed by atoms with E-state index in [2.05, 4.69) is 29.4 Å². The molecular formula is C16H21N3O3S. The van der Waals surface area contributed by atoms with E-state index in [1.807, 2.05) is 30.3 Å². The van der Waals surface area contributed by atoms with Crippen LogP contribution in [0.5, 0.6) is 0 Å². The van der Waals surface area contributed by atoms with Crippen molar-refractivity contribution in [3.05, 3.63) is 53.8 Å². The first-order chi connectivity index (χ1) is 11.0. The molecule has 1 aromatic carbocycles. The van der Waals surface area contributed by atoms with Gasteiger partial charge >= 0.3 is 0 Å². The van der Waals surface area contributed by atoms with Crippen molar-refractivity contribution < 1.29 is 12.8 Å². The summed E-state index contributed by atoms with van der Waals surface area (Å²) in [6.07, 6.45) is 0. The number of hydrogen-bond donors (Lipinski definition) is 3. The minimum atomic E-state index is -3.66. The normalized spacial score (nSPS) is 24.9. The maximum absolute atomic E-state index is 12.3. The quantitative estimate of drug-likeness (QED) is 0.778. The first-order valence-corrected chi connectivity index (χ1v) is 9.10. The molecule has 1 saturated heterocycles. The van der Waals surface area contributed by atoms with Gasteiger partial charge in [0.1, 0.15) is 5.76 Å². The van der Waals surface area contributed by atoms with Crippen LogP contribution in [0.2, 0.25) is 0 Å². The lowest BCUT2D eigenvalue weighted by atomic mass is 9.96. The number of rotatable bonds is 5. The Labute approximate surface area is 136 Å². The standard InChI is InChI=1S/C16H21N3O3S/c1-11-12(2)18-19-16(11)14-8-9-15(22-14)23(20,21)17-10-13-6-4-3-5-7-13/h3-9,11-12,16-19H,10H2,1-2H3. The van der Waals surface area contributed by atoms with Gasteiger partial charge in [0.05, 0.1) is 6.04 Å². The number of furan rings is 1. The van der Waals surface area contributed by atoms with Crippen LogP contribution in [0.15, 0.2) is 52.0 Å². The van der Waals surface area contributed by atoms with E-state index in [0.29, 0.717) is 17.7 Å². The molecule has 2 aromatic rings. The summed E-state index contributed by atoms with van der Waals surface area (Å²) < 4.78 is 32.8. The molecule has 2 heterocycles. The minimum absolute atomic E-state index is 0.0388. The number of hydrogen-bond acceptors (Lipinski definition) is 5. The number of sulfonamides is 1. The van der Waals surface area contributed by atoms with Crippen molar-refractivity contribution in [2.24, 2.45) is 5.92 Å². The molecule has 7 heteroatoms. The van der Waals surface area contributed by atoms with Crippen molar-refractivity contribution in [2.75, 3.05) is 0 Å². The highest BCUT2D eigenvalue weighted by atomic mass is 32.2.